The Morgan fingerprint density at radius 2 is 1.63 bits per heavy atom. The molecule has 1 atom stereocenters. The number of imide groups is 1. The van der Waals surface area contributed by atoms with Gasteiger partial charge in [0.2, 0.25) is 5.91 Å². The van der Waals surface area contributed by atoms with E-state index < -0.39 is 16.3 Å². The van der Waals surface area contributed by atoms with Crippen LogP contribution >= 0.6 is 23.5 Å². The number of hydrogen-bond donors (Lipinski definition) is 1. The van der Waals surface area contributed by atoms with Crippen molar-refractivity contribution < 1.29 is 14.5 Å². The van der Waals surface area contributed by atoms with E-state index in [4.69, 9.17) is 0 Å². The molecule has 8 nitrogen and oxygen atoms in total. The van der Waals surface area contributed by atoms with Gasteiger partial charge >= 0.3 is 6.03 Å². The zero-order valence-electron chi connectivity index (χ0n) is 18.6. The average Bonchev–Trinajstić information content (AvgIpc) is 3.27. The van der Waals surface area contributed by atoms with E-state index in [1.807, 2.05) is 24.3 Å². The molecule has 3 aromatic carbocycles. The normalized spacial score (nSPS) is 16.6. The average molecular weight is 507 g/mol. The summed E-state index contributed by atoms with van der Waals surface area (Å²) in [6.07, 6.45) is 0.657. The quantitative estimate of drug-likeness (QED) is 0.265. The van der Waals surface area contributed by atoms with Gasteiger partial charge in [0.1, 0.15) is 5.37 Å². The Hall–Kier alpha value is -3.50. The van der Waals surface area contributed by atoms with Gasteiger partial charge in [-0.3, -0.25) is 14.9 Å². The van der Waals surface area contributed by atoms with E-state index in [9.17, 15) is 19.7 Å². The van der Waals surface area contributed by atoms with E-state index in [2.05, 4.69) is 34.5 Å². The molecule has 0 aromatic heterocycles. The lowest BCUT2D eigenvalue weighted by Gasteiger charge is -2.32. The van der Waals surface area contributed by atoms with E-state index in [-0.39, 0.29) is 17.3 Å². The highest BCUT2D eigenvalue weighted by molar-refractivity contribution is 8.00. The molecule has 0 spiro atoms. The molecule has 1 saturated heterocycles. The third kappa shape index (κ3) is 4.59. The van der Waals surface area contributed by atoms with E-state index in [0.29, 0.717) is 25.1 Å². The standard InChI is InChI=1S/C25H22N4O4S2/c30-23-16-34-24(17-8-1-2-9-18(17)29(32)33)28(23)25(31)26-14-7-15-27-19-10-3-5-12-21(19)35-22-13-6-4-11-20(22)27/h1-6,8-13,24H,7,14-16H2,(H,26,31). The minimum atomic E-state index is -0.720. The Morgan fingerprint density at radius 3 is 2.31 bits per heavy atom. The Kier molecular flexibility index (Phi) is 6.65. The minimum absolute atomic E-state index is 0.0993. The fraction of sp³-hybridized carbons (Fsp3) is 0.200. The number of nitro groups is 1. The van der Waals surface area contributed by atoms with Crippen molar-refractivity contribution in [2.45, 2.75) is 21.6 Å². The number of amides is 3. The first kappa shape index (κ1) is 23.3. The highest BCUT2D eigenvalue weighted by Crippen LogP contribution is 2.47. The molecule has 1 N–H and O–H groups in total. The third-order valence-electron chi connectivity index (χ3n) is 5.85. The van der Waals surface area contributed by atoms with Gasteiger partial charge in [-0.1, -0.05) is 48.2 Å². The topological polar surface area (TPSA) is 95.8 Å². The molecule has 2 heterocycles. The summed E-state index contributed by atoms with van der Waals surface area (Å²) in [5.41, 5.74) is 2.51. The molecule has 0 saturated carbocycles. The smallest absolute Gasteiger partial charge is 0.325 e. The Labute approximate surface area is 210 Å². The van der Waals surface area contributed by atoms with Crippen LogP contribution in [0.4, 0.5) is 21.9 Å². The van der Waals surface area contributed by atoms with Crippen molar-refractivity contribution in [3.05, 3.63) is 88.5 Å². The first-order chi connectivity index (χ1) is 17.0. The van der Waals surface area contributed by atoms with E-state index in [1.165, 1.54) is 27.6 Å². The number of hydrogen-bond acceptors (Lipinski definition) is 7. The number of nitro benzene ring substituents is 1. The van der Waals surface area contributed by atoms with Crippen molar-refractivity contribution in [1.82, 2.24) is 10.2 Å². The third-order valence-corrected chi connectivity index (χ3v) is 8.18. The van der Waals surface area contributed by atoms with Crippen LogP contribution in [0.15, 0.2) is 82.6 Å². The van der Waals surface area contributed by atoms with Crippen molar-refractivity contribution in [2.24, 2.45) is 0 Å². The van der Waals surface area contributed by atoms with Crippen molar-refractivity contribution in [3.63, 3.8) is 0 Å². The molecule has 10 heteroatoms. The van der Waals surface area contributed by atoms with E-state index in [1.54, 1.807) is 30.0 Å². The van der Waals surface area contributed by atoms with E-state index in [0.717, 1.165) is 16.3 Å². The second-order valence-electron chi connectivity index (χ2n) is 8.02. The molecule has 0 bridgehead atoms. The van der Waals surface area contributed by atoms with Crippen LogP contribution in [0.25, 0.3) is 0 Å². The predicted octanol–water partition coefficient (Wildman–Crippen LogP) is 5.57. The first-order valence-electron chi connectivity index (χ1n) is 11.1. The second kappa shape index (κ2) is 10.0. The van der Waals surface area contributed by atoms with Crippen LogP contribution in [0.3, 0.4) is 0 Å². The van der Waals surface area contributed by atoms with Gasteiger partial charge < -0.3 is 10.2 Å². The van der Waals surface area contributed by atoms with Crippen molar-refractivity contribution in [1.29, 1.82) is 0 Å². The SMILES string of the molecule is O=C1CSC(c2ccccc2[N+](=O)[O-])N1C(=O)NCCCN1c2ccccc2Sc2ccccc21. The molecule has 2 aliphatic rings. The zero-order valence-corrected chi connectivity index (χ0v) is 20.3. The highest BCUT2D eigenvalue weighted by Gasteiger charge is 2.40. The van der Waals surface area contributed by atoms with Gasteiger partial charge in [-0.25, -0.2) is 9.69 Å². The summed E-state index contributed by atoms with van der Waals surface area (Å²) >= 11 is 2.96. The number of benzene rings is 3. The van der Waals surface area contributed by atoms with Crippen LogP contribution in [0.5, 0.6) is 0 Å². The van der Waals surface area contributed by atoms with Crippen LogP contribution in [0.1, 0.15) is 17.4 Å². The van der Waals surface area contributed by atoms with E-state index >= 15 is 0 Å². The molecule has 1 unspecified atom stereocenters. The maximum atomic E-state index is 13.0. The van der Waals surface area contributed by atoms with Crippen LogP contribution in [0.2, 0.25) is 0 Å². The molecular formula is C25H22N4O4S2. The number of carbonyl (C=O) groups excluding carboxylic acids is 2. The van der Waals surface area contributed by atoms with Crippen LogP contribution in [0, 0.1) is 10.1 Å². The van der Waals surface area contributed by atoms with Gasteiger partial charge in [0.15, 0.2) is 0 Å². The molecule has 1 fully saturated rings. The largest absolute Gasteiger partial charge is 0.340 e. The molecule has 178 valence electrons. The summed E-state index contributed by atoms with van der Waals surface area (Å²) in [5, 5.41) is 13.6. The van der Waals surface area contributed by atoms with Crippen molar-refractivity contribution >= 4 is 52.5 Å². The molecule has 3 aromatic rings. The van der Waals surface area contributed by atoms with Gasteiger partial charge in [0.05, 0.1) is 27.6 Å². The lowest BCUT2D eigenvalue weighted by Crippen LogP contribution is -2.43. The number of thioether (sulfide) groups is 1. The Morgan fingerprint density at radius 1 is 1.00 bits per heavy atom. The van der Waals surface area contributed by atoms with Crippen molar-refractivity contribution in [2.75, 3.05) is 23.7 Å². The molecule has 3 amide bonds. The van der Waals surface area contributed by atoms with Gasteiger partial charge in [0, 0.05) is 28.9 Å². The van der Waals surface area contributed by atoms with Crippen molar-refractivity contribution in [3.8, 4) is 0 Å². The summed E-state index contributed by atoms with van der Waals surface area (Å²) < 4.78 is 0. The molecular weight excluding hydrogens is 484 g/mol. The fourth-order valence-corrected chi connectivity index (χ4v) is 6.55. The number of anilines is 2. The number of carbonyl (C=O) groups is 2. The molecule has 0 radical (unpaired) electrons. The number of nitrogens with one attached hydrogen (secondary N) is 1. The monoisotopic (exact) mass is 506 g/mol. The highest BCUT2D eigenvalue weighted by atomic mass is 32.2. The summed E-state index contributed by atoms with van der Waals surface area (Å²) in [5.74, 6) is -0.255. The molecule has 0 aliphatic carbocycles. The maximum Gasteiger partial charge on any atom is 0.325 e. The Bertz CT molecular complexity index is 1260. The molecule has 35 heavy (non-hydrogen) atoms. The first-order valence-corrected chi connectivity index (χ1v) is 13.0. The fourth-order valence-electron chi connectivity index (χ4n) is 4.28. The zero-order chi connectivity index (χ0) is 24.4. The maximum absolute atomic E-state index is 13.0. The summed E-state index contributed by atoms with van der Waals surface area (Å²) in [4.78, 5) is 42.2. The van der Waals surface area contributed by atoms with Gasteiger partial charge in [0.25, 0.3) is 5.69 Å². The summed E-state index contributed by atoms with van der Waals surface area (Å²) in [7, 11) is 0. The van der Waals surface area contributed by atoms with Gasteiger partial charge in [-0.05, 0) is 36.8 Å². The molecule has 5 rings (SSSR count). The van der Waals surface area contributed by atoms with Crippen LogP contribution < -0.4 is 10.2 Å². The lowest BCUT2D eigenvalue weighted by molar-refractivity contribution is -0.385. The Balaban J connectivity index is 1.26. The second-order valence-corrected chi connectivity index (χ2v) is 10.2. The van der Waals surface area contributed by atoms with Gasteiger partial charge in [-0.2, -0.15) is 0 Å². The number of urea groups is 1. The lowest BCUT2D eigenvalue weighted by atomic mass is 10.1. The van der Waals surface area contributed by atoms with Crippen LogP contribution in [-0.4, -0.2) is 40.6 Å². The summed E-state index contributed by atoms with van der Waals surface area (Å²) in [6, 6.07) is 22.2. The summed E-state index contributed by atoms with van der Waals surface area (Å²) in [6.45, 7) is 1.05. The number of fused-ring (bicyclic) bond motifs is 2. The minimum Gasteiger partial charge on any atom is -0.340 e. The number of nitrogens with zero attached hydrogens (tertiary/aromatic N) is 3. The van der Waals surface area contributed by atoms with Gasteiger partial charge in [-0.15, -0.1) is 11.8 Å². The number of para-hydroxylation sites is 3. The van der Waals surface area contributed by atoms with Crippen LogP contribution in [-0.2, 0) is 4.79 Å². The predicted molar refractivity (Wildman–Crippen MR) is 137 cm³/mol. The molecule has 2 aliphatic heterocycles. The number of rotatable bonds is 6.